The molecule has 0 amide bonds. The molecule has 1 aliphatic carbocycles. The second-order valence-electron chi connectivity index (χ2n) is 5.23. The van der Waals surface area contributed by atoms with E-state index in [-0.39, 0.29) is 0 Å². The standard InChI is InChI=1S/C13H22N2O/c1-11-2-5-13(16,6-3-11)10-15-9-12-4-7-14-8-12/h4,7-8,11,14-16H,2-3,5-6,9-10H2,1H3. The van der Waals surface area contributed by atoms with Crippen molar-refractivity contribution in [2.24, 2.45) is 5.92 Å². The van der Waals surface area contributed by atoms with Crippen molar-refractivity contribution in [2.75, 3.05) is 6.54 Å². The average Bonchev–Trinajstić information content (AvgIpc) is 2.76. The molecule has 0 saturated heterocycles. The minimum absolute atomic E-state index is 0.469. The molecular formula is C13H22N2O. The first kappa shape index (κ1) is 11.7. The Labute approximate surface area is 97.3 Å². The van der Waals surface area contributed by atoms with E-state index in [0.29, 0.717) is 6.54 Å². The Morgan fingerprint density at radius 1 is 1.50 bits per heavy atom. The van der Waals surface area contributed by atoms with Crippen molar-refractivity contribution in [2.45, 2.75) is 44.8 Å². The van der Waals surface area contributed by atoms with Crippen LogP contribution in [0.3, 0.4) is 0 Å². The molecule has 1 fully saturated rings. The molecule has 1 saturated carbocycles. The summed E-state index contributed by atoms with van der Waals surface area (Å²) in [7, 11) is 0. The maximum absolute atomic E-state index is 10.3. The number of nitrogens with one attached hydrogen (secondary N) is 2. The molecule has 1 aliphatic rings. The van der Waals surface area contributed by atoms with Crippen molar-refractivity contribution in [3.63, 3.8) is 0 Å². The van der Waals surface area contributed by atoms with Crippen molar-refractivity contribution in [3.8, 4) is 0 Å². The molecule has 0 spiro atoms. The van der Waals surface area contributed by atoms with E-state index in [1.807, 2.05) is 12.4 Å². The fraction of sp³-hybridized carbons (Fsp3) is 0.692. The fourth-order valence-corrected chi connectivity index (χ4v) is 2.38. The Morgan fingerprint density at radius 3 is 2.88 bits per heavy atom. The predicted octanol–water partition coefficient (Wildman–Crippen LogP) is 2.05. The topological polar surface area (TPSA) is 48.0 Å². The van der Waals surface area contributed by atoms with Gasteiger partial charge in [-0.05, 0) is 43.2 Å². The Hall–Kier alpha value is -0.800. The van der Waals surface area contributed by atoms with Crippen LogP contribution in [0, 0.1) is 5.92 Å². The Kier molecular flexibility index (Phi) is 3.66. The SMILES string of the molecule is CC1CCC(O)(CNCc2cc[nH]c2)CC1. The summed E-state index contributed by atoms with van der Waals surface area (Å²) in [5.41, 5.74) is 0.774. The molecule has 0 unspecified atom stereocenters. The van der Waals surface area contributed by atoms with Crippen LogP contribution in [0.25, 0.3) is 0 Å². The fourth-order valence-electron chi connectivity index (χ4n) is 2.38. The summed E-state index contributed by atoms with van der Waals surface area (Å²) >= 11 is 0. The van der Waals surface area contributed by atoms with E-state index in [9.17, 15) is 5.11 Å². The first-order valence-corrected chi connectivity index (χ1v) is 6.23. The second kappa shape index (κ2) is 5.02. The van der Waals surface area contributed by atoms with Gasteiger partial charge in [-0.25, -0.2) is 0 Å². The lowest BCUT2D eigenvalue weighted by Crippen LogP contribution is -2.43. The van der Waals surface area contributed by atoms with Crippen LogP contribution in [0.1, 0.15) is 38.2 Å². The van der Waals surface area contributed by atoms with Gasteiger partial charge in [0.15, 0.2) is 0 Å². The zero-order valence-corrected chi connectivity index (χ0v) is 10.00. The average molecular weight is 222 g/mol. The summed E-state index contributed by atoms with van der Waals surface area (Å²) in [6, 6.07) is 2.06. The van der Waals surface area contributed by atoms with Gasteiger partial charge in [0.05, 0.1) is 5.60 Å². The van der Waals surface area contributed by atoms with E-state index in [1.54, 1.807) is 0 Å². The molecule has 0 atom stereocenters. The largest absolute Gasteiger partial charge is 0.389 e. The van der Waals surface area contributed by atoms with E-state index in [2.05, 4.69) is 23.3 Å². The third-order valence-electron chi connectivity index (χ3n) is 3.65. The minimum Gasteiger partial charge on any atom is -0.389 e. The summed E-state index contributed by atoms with van der Waals surface area (Å²) < 4.78 is 0. The molecule has 2 rings (SSSR count). The molecule has 1 aromatic heterocycles. The van der Waals surface area contributed by atoms with Gasteiger partial charge in [-0.15, -0.1) is 0 Å². The Morgan fingerprint density at radius 2 is 2.25 bits per heavy atom. The molecule has 1 aromatic rings. The summed E-state index contributed by atoms with van der Waals surface area (Å²) in [4.78, 5) is 3.03. The zero-order valence-electron chi connectivity index (χ0n) is 10.00. The molecule has 16 heavy (non-hydrogen) atoms. The van der Waals surface area contributed by atoms with Gasteiger partial charge in [-0.2, -0.15) is 0 Å². The van der Waals surface area contributed by atoms with Gasteiger partial charge >= 0.3 is 0 Å². The van der Waals surface area contributed by atoms with Crippen molar-refractivity contribution in [3.05, 3.63) is 24.0 Å². The van der Waals surface area contributed by atoms with E-state index >= 15 is 0 Å². The first-order chi connectivity index (χ1) is 7.68. The molecule has 90 valence electrons. The van der Waals surface area contributed by atoms with Crippen LogP contribution >= 0.6 is 0 Å². The molecule has 0 aliphatic heterocycles. The van der Waals surface area contributed by atoms with Gasteiger partial charge in [0.25, 0.3) is 0 Å². The number of H-pyrrole nitrogens is 1. The third-order valence-corrected chi connectivity index (χ3v) is 3.65. The molecule has 0 bridgehead atoms. The van der Waals surface area contributed by atoms with Crippen LogP contribution in [0.2, 0.25) is 0 Å². The molecular weight excluding hydrogens is 200 g/mol. The summed E-state index contributed by atoms with van der Waals surface area (Å²) in [5.74, 6) is 0.782. The lowest BCUT2D eigenvalue weighted by Gasteiger charge is -2.35. The highest BCUT2D eigenvalue weighted by molar-refractivity contribution is 5.07. The summed E-state index contributed by atoms with van der Waals surface area (Å²) in [6.07, 6.45) is 8.10. The zero-order chi connectivity index (χ0) is 11.4. The number of hydrogen-bond acceptors (Lipinski definition) is 2. The normalized spacial score (nSPS) is 30.5. The van der Waals surface area contributed by atoms with Crippen LogP contribution in [-0.2, 0) is 6.54 Å². The minimum atomic E-state index is -0.469. The van der Waals surface area contributed by atoms with Gasteiger partial charge in [0.2, 0.25) is 0 Å². The molecule has 0 aromatic carbocycles. The summed E-state index contributed by atoms with van der Waals surface area (Å²) in [5, 5.41) is 13.7. The van der Waals surface area contributed by atoms with Crippen LogP contribution in [0.5, 0.6) is 0 Å². The molecule has 3 nitrogen and oxygen atoms in total. The lowest BCUT2D eigenvalue weighted by atomic mass is 9.79. The summed E-state index contributed by atoms with van der Waals surface area (Å²) in [6.45, 7) is 3.82. The van der Waals surface area contributed by atoms with E-state index < -0.39 is 5.60 Å². The van der Waals surface area contributed by atoms with Gasteiger partial charge in [0.1, 0.15) is 0 Å². The monoisotopic (exact) mass is 222 g/mol. The Bertz CT molecular complexity index is 300. The number of aromatic nitrogens is 1. The second-order valence-corrected chi connectivity index (χ2v) is 5.23. The quantitative estimate of drug-likeness (QED) is 0.730. The van der Waals surface area contributed by atoms with Crippen LogP contribution in [0.15, 0.2) is 18.5 Å². The molecule has 3 heteroatoms. The smallest absolute Gasteiger partial charge is 0.0771 e. The highest BCUT2D eigenvalue weighted by Crippen LogP contribution is 2.31. The molecule has 0 radical (unpaired) electrons. The number of aliphatic hydroxyl groups is 1. The van der Waals surface area contributed by atoms with E-state index in [0.717, 1.165) is 38.1 Å². The van der Waals surface area contributed by atoms with E-state index in [1.165, 1.54) is 5.56 Å². The van der Waals surface area contributed by atoms with Gasteiger partial charge in [-0.3, -0.25) is 0 Å². The van der Waals surface area contributed by atoms with Crippen molar-refractivity contribution < 1.29 is 5.11 Å². The number of aromatic amines is 1. The van der Waals surface area contributed by atoms with Gasteiger partial charge in [-0.1, -0.05) is 6.92 Å². The van der Waals surface area contributed by atoms with Gasteiger partial charge < -0.3 is 15.4 Å². The maximum atomic E-state index is 10.3. The number of hydrogen-bond donors (Lipinski definition) is 3. The van der Waals surface area contributed by atoms with Crippen molar-refractivity contribution in [1.29, 1.82) is 0 Å². The highest BCUT2D eigenvalue weighted by Gasteiger charge is 2.31. The predicted molar refractivity (Wildman–Crippen MR) is 65.1 cm³/mol. The maximum Gasteiger partial charge on any atom is 0.0771 e. The van der Waals surface area contributed by atoms with Crippen LogP contribution in [0.4, 0.5) is 0 Å². The first-order valence-electron chi connectivity index (χ1n) is 6.23. The highest BCUT2D eigenvalue weighted by atomic mass is 16.3. The van der Waals surface area contributed by atoms with Gasteiger partial charge in [0, 0.05) is 25.5 Å². The van der Waals surface area contributed by atoms with Crippen LogP contribution < -0.4 is 5.32 Å². The molecule has 3 N–H and O–H groups in total. The van der Waals surface area contributed by atoms with E-state index in [4.69, 9.17) is 0 Å². The molecule has 1 heterocycles. The van der Waals surface area contributed by atoms with Crippen molar-refractivity contribution >= 4 is 0 Å². The van der Waals surface area contributed by atoms with Crippen LogP contribution in [-0.4, -0.2) is 22.2 Å². The Balaban J connectivity index is 1.73. The van der Waals surface area contributed by atoms with Crippen molar-refractivity contribution in [1.82, 2.24) is 10.3 Å². The number of rotatable bonds is 4. The third kappa shape index (κ3) is 3.09. The lowest BCUT2D eigenvalue weighted by molar-refractivity contribution is -0.00629.